The number of carbonyl (C=O) groups is 2. The summed E-state index contributed by atoms with van der Waals surface area (Å²) in [6.45, 7) is 3.86. The van der Waals surface area contributed by atoms with Crippen molar-refractivity contribution < 1.29 is 14.3 Å². The highest BCUT2D eigenvalue weighted by atomic mass is 35.5. The first-order chi connectivity index (χ1) is 11.4. The van der Waals surface area contributed by atoms with Gasteiger partial charge in [-0.3, -0.25) is 9.59 Å². The minimum absolute atomic E-state index is 0.171. The van der Waals surface area contributed by atoms with Gasteiger partial charge in [-0.15, -0.1) is 0 Å². The van der Waals surface area contributed by atoms with Gasteiger partial charge in [-0.1, -0.05) is 47.0 Å². The van der Waals surface area contributed by atoms with Gasteiger partial charge in [-0.2, -0.15) is 0 Å². The second kappa shape index (κ2) is 8.18. The molecule has 6 heteroatoms. The minimum Gasteiger partial charge on any atom is -0.459 e. The quantitative estimate of drug-likeness (QED) is 0.812. The van der Waals surface area contributed by atoms with Crippen LogP contribution in [0.4, 0.5) is 0 Å². The largest absolute Gasteiger partial charge is 0.459 e. The molecule has 0 saturated carbocycles. The van der Waals surface area contributed by atoms with Gasteiger partial charge < -0.3 is 10.1 Å². The van der Waals surface area contributed by atoms with Crippen LogP contribution in [0.25, 0.3) is 0 Å². The van der Waals surface area contributed by atoms with Gasteiger partial charge in [-0.25, -0.2) is 0 Å². The van der Waals surface area contributed by atoms with Crippen molar-refractivity contribution in [3.63, 3.8) is 0 Å². The first-order valence-electron chi connectivity index (χ1n) is 7.32. The SMILES string of the molecule is Cc1ccc(C)c(COC(=O)CNC(=O)c2ccc(Cl)cc2Cl)c1. The molecule has 2 rings (SSSR count). The van der Waals surface area contributed by atoms with Crippen LogP contribution in [0.15, 0.2) is 36.4 Å². The van der Waals surface area contributed by atoms with Crippen LogP contribution in [0.3, 0.4) is 0 Å². The third kappa shape index (κ3) is 4.98. The number of carbonyl (C=O) groups excluding carboxylic acids is 2. The molecule has 1 amide bonds. The maximum atomic E-state index is 12.0. The number of amides is 1. The number of benzene rings is 2. The minimum atomic E-state index is -0.519. The van der Waals surface area contributed by atoms with E-state index in [1.807, 2.05) is 32.0 Å². The average Bonchev–Trinajstić information content (AvgIpc) is 2.53. The number of rotatable bonds is 5. The molecule has 1 N–H and O–H groups in total. The molecule has 24 heavy (non-hydrogen) atoms. The Bertz CT molecular complexity index is 775. The number of hydrogen-bond acceptors (Lipinski definition) is 3. The molecule has 0 unspecified atom stereocenters. The monoisotopic (exact) mass is 365 g/mol. The number of ether oxygens (including phenoxy) is 1. The van der Waals surface area contributed by atoms with Crippen molar-refractivity contribution in [2.45, 2.75) is 20.5 Å². The zero-order valence-electron chi connectivity index (χ0n) is 13.4. The van der Waals surface area contributed by atoms with Gasteiger partial charge >= 0.3 is 5.97 Å². The number of esters is 1. The summed E-state index contributed by atoms with van der Waals surface area (Å²) >= 11 is 11.7. The van der Waals surface area contributed by atoms with Crippen LogP contribution >= 0.6 is 23.2 Å². The summed E-state index contributed by atoms with van der Waals surface area (Å²) in [6.07, 6.45) is 0. The second-order valence-electron chi connectivity index (χ2n) is 5.40. The van der Waals surface area contributed by atoms with E-state index in [-0.39, 0.29) is 23.7 Å². The van der Waals surface area contributed by atoms with Crippen LogP contribution in [0, 0.1) is 13.8 Å². The molecule has 0 spiro atoms. The molecule has 0 atom stereocenters. The third-order valence-corrected chi connectivity index (χ3v) is 4.01. The normalized spacial score (nSPS) is 10.3. The summed E-state index contributed by atoms with van der Waals surface area (Å²) in [6, 6.07) is 10.5. The molecule has 0 aliphatic heterocycles. The Morgan fingerprint density at radius 2 is 1.83 bits per heavy atom. The number of halogens is 2. The molecule has 0 aromatic heterocycles. The van der Waals surface area contributed by atoms with Crippen LogP contribution in [0.1, 0.15) is 27.0 Å². The lowest BCUT2D eigenvalue weighted by Gasteiger charge is -2.10. The Kier molecular flexibility index (Phi) is 6.23. The van der Waals surface area contributed by atoms with Crippen LogP contribution in [0.5, 0.6) is 0 Å². The predicted octanol–water partition coefficient (Wildman–Crippen LogP) is 4.08. The number of aryl methyl sites for hydroxylation is 2. The van der Waals surface area contributed by atoms with E-state index in [1.165, 1.54) is 12.1 Å². The van der Waals surface area contributed by atoms with Gasteiger partial charge in [0.15, 0.2) is 0 Å². The van der Waals surface area contributed by atoms with E-state index in [4.69, 9.17) is 27.9 Å². The van der Waals surface area contributed by atoms with Crippen molar-refractivity contribution in [1.29, 1.82) is 0 Å². The molecule has 2 aromatic rings. The van der Waals surface area contributed by atoms with Gasteiger partial charge in [-0.05, 0) is 43.2 Å². The lowest BCUT2D eigenvalue weighted by atomic mass is 10.1. The van der Waals surface area contributed by atoms with Crippen molar-refractivity contribution in [2.75, 3.05) is 6.54 Å². The maximum Gasteiger partial charge on any atom is 0.325 e. The van der Waals surface area contributed by atoms with Crippen molar-refractivity contribution in [2.24, 2.45) is 0 Å². The molecular formula is C18H17Cl2NO3. The molecule has 0 aliphatic rings. The summed E-state index contributed by atoms with van der Waals surface area (Å²) < 4.78 is 5.19. The highest BCUT2D eigenvalue weighted by molar-refractivity contribution is 6.36. The molecule has 0 heterocycles. The lowest BCUT2D eigenvalue weighted by molar-refractivity contribution is -0.143. The van der Waals surface area contributed by atoms with Crippen LogP contribution < -0.4 is 5.32 Å². The maximum absolute atomic E-state index is 12.0. The fourth-order valence-electron chi connectivity index (χ4n) is 2.09. The topological polar surface area (TPSA) is 55.4 Å². The van der Waals surface area contributed by atoms with Crippen molar-refractivity contribution in [3.8, 4) is 0 Å². The number of hydrogen-bond donors (Lipinski definition) is 1. The van der Waals surface area contributed by atoms with Gasteiger partial charge in [0.1, 0.15) is 13.2 Å². The smallest absolute Gasteiger partial charge is 0.325 e. The molecule has 0 aliphatic carbocycles. The Balaban J connectivity index is 1.86. The van der Waals surface area contributed by atoms with Crippen LogP contribution in [0.2, 0.25) is 10.0 Å². The molecule has 0 radical (unpaired) electrons. The van der Waals surface area contributed by atoms with Crippen molar-refractivity contribution in [3.05, 3.63) is 68.7 Å². The van der Waals surface area contributed by atoms with E-state index in [0.717, 1.165) is 16.7 Å². The van der Waals surface area contributed by atoms with E-state index in [0.29, 0.717) is 5.02 Å². The summed E-state index contributed by atoms with van der Waals surface area (Å²) in [4.78, 5) is 23.8. The Hall–Kier alpha value is -2.04. The van der Waals surface area contributed by atoms with E-state index in [9.17, 15) is 9.59 Å². The van der Waals surface area contributed by atoms with Gasteiger partial charge in [0.25, 0.3) is 5.91 Å². The second-order valence-corrected chi connectivity index (χ2v) is 6.24. The molecule has 0 bridgehead atoms. The highest BCUT2D eigenvalue weighted by Crippen LogP contribution is 2.20. The van der Waals surface area contributed by atoms with Crippen LogP contribution in [-0.4, -0.2) is 18.4 Å². The first kappa shape index (κ1) is 18.3. The summed E-state index contributed by atoms with van der Waals surface area (Å²) in [5.74, 6) is -0.977. The molecule has 0 saturated heterocycles. The van der Waals surface area contributed by atoms with Gasteiger partial charge in [0.2, 0.25) is 0 Å². The highest BCUT2D eigenvalue weighted by Gasteiger charge is 2.13. The van der Waals surface area contributed by atoms with E-state index in [2.05, 4.69) is 5.32 Å². The first-order valence-corrected chi connectivity index (χ1v) is 8.07. The molecule has 2 aromatic carbocycles. The fraction of sp³-hybridized carbons (Fsp3) is 0.222. The molecule has 0 fully saturated rings. The standard InChI is InChI=1S/C18H17Cl2NO3/c1-11-3-4-12(2)13(7-11)10-24-17(22)9-21-18(23)15-6-5-14(19)8-16(15)20/h3-8H,9-10H2,1-2H3,(H,21,23). The zero-order chi connectivity index (χ0) is 17.7. The Labute approximate surface area is 150 Å². The molecule has 4 nitrogen and oxygen atoms in total. The van der Waals surface area contributed by atoms with E-state index < -0.39 is 11.9 Å². The zero-order valence-corrected chi connectivity index (χ0v) is 14.9. The number of nitrogens with one attached hydrogen (secondary N) is 1. The average molecular weight is 366 g/mol. The van der Waals surface area contributed by atoms with Crippen molar-refractivity contribution >= 4 is 35.1 Å². The fourth-order valence-corrected chi connectivity index (χ4v) is 2.58. The van der Waals surface area contributed by atoms with Crippen molar-refractivity contribution in [1.82, 2.24) is 5.32 Å². The summed E-state index contributed by atoms with van der Waals surface area (Å²) in [7, 11) is 0. The van der Waals surface area contributed by atoms with E-state index in [1.54, 1.807) is 6.07 Å². The predicted molar refractivity (Wildman–Crippen MR) is 94.5 cm³/mol. The Morgan fingerprint density at radius 3 is 2.54 bits per heavy atom. The van der Waals surface area contributed by atoms with Gasteiger partial charge in [0.05, 0.1) is 10.6 Å². The van der Waals surface area contributed by atoms with Crippen LogP contribution in [-0.2, 0) is 16.1 Å². The molecule has 126 valence electrons. The Morgan fingerprint density at radius 1 is 1.08 bits per heavy atom. The summed E-state index contributed by atoms with van der Waals surface area (Å²) in [5, 5.41) is 3.14. The van der Waals surface area contributed by atoms with E-state index >= 15 is 0 Å². The summed E-state index contributed by atoms with van der Waals surface area (Å²) in [5.41, 5.74) is 3.33. The van der Waals surface area contributed by atoms with Gasteiger partial charge in [0, 0.05) is 5.02 Å². The molecular weight excluding hydrogens is 349 g/mol. The lowest BCUT2D eigenvalue weighted by Crippen LogP contribution is -2.30. The third-order valence-electron chi connectivity index (χ3n) is 3.46.